The summed E-state index contributed by atoms with van der Waals surface area (Å²) in [5.41, 5.74) is 2.15. The van der Waals surface area contributed by atoms with Crippen LogP contribution < -0.4 is 5.56 Å². The number of aromatic nitrogens is 3. The molecule has 0 radical (unpaired) electrons. The van der Waals surface area contributed by atoms with Gasteiger partial charge in [-0.15, -0.1) is 0 Å². The Morgan fingerprint density at radius 1 is 1.41 bits per heavy atom. The summed E-state index contributed by atoms with van der Waals surface area (Å²) in [4.78, 5) is 25.5. The van der Waals surface area contributed by atoms with Crippen molar-refractivity contribution in [2.45, 2.75) is 38.3 Å². The summed E-state index contributed by atoms with van der Waals surface area (Å²) in [5.74, 6) is 0.848. The molecule has 1 N–H and O–H groups in total. The van der Waals surface area contributed by atoms with E-state index >= 15 is 0 Å². The lowest BCUT2D eigenvalue weighted by Gasteiger charge is -2.27. The lowest BCUT2D eigenvalue weighted by molar-refractivity contribution is 0.237. The molecule has 4 rings (SSSR count). The van der Waals surface area contributed by atoms with Crippen LogP contribution in [-0.4, -0.2) is 26.4 Å². The molecule has 6 heteroatoms. The summed E-state index contributed by atoms with van der Waals surface area (Å²) in [5, 5.41) is 0. The van der Waals surface area contributed by atoms with Crippen molar-refractivity contribution in [2.24, 2.45) is 0 Å². The zero-order valence-electron chi connectivity index (χ0n) is 12.2. The minimum absolute atomic E-state index is 0.0386. The topological polar surface area (TPSA) is 61.9 Å². The van der Waals surface area contributed by atoms with Crippen LogP contribution in [0.1, 0.15) is 41.4 Å². The molecule has 2 aliphatic rings. The zero-order chi connectivity index (χ0) is 15.1. The highest BCUT2D eigenvalue weighted by atomic mass is 19.1. The highest BCUT2D eigenvalue weighted by molar-refractivity contribution is 5.23. The van der Waals surface area contributed by atoms with Crippen LogP contribution in [0.5, 0.6) is 0 Å². The average Bonchev–Trinajstić information content (AvgIpc) is 3.35. The molecule has 0 saturated heterocycles. The second-order valence-electron chi connectivity index (χ2n) is 6.06. The molecule has 0 unspecified atom stereocenters. The van der Waals surface area contributed by atoms with E-state index in [0.29, 0.717) is 24.6 Å². The monoisotopic (exact) mass is 300 g/mol. The predicted octanol–water partition coefficient (Wildman–Crippen LogP) is 1.74. The largest absolute Gasteiger partial charge is 0.310 e. The van der Waals surface area contributed by atoms with Gasteiger partial charge in [-0.1, -0.05) is 6.07 Å². The van der Waals surface area contributed by atoms with Gasteiger partial charge in [0.1, 0.15) is 5.82 Å². The van der Waals surface area contributed by atoms with Gasteiger partial charge in [-0.2, -0.15) is 4.39 Å². The standard InChI is InChI=1S/C16H17FN4O/c17-14-11(2-1-6-18-14)8-21-7-5-13-12(9-21)16(22)20-15(19-13)10-3-4-10/h1-2,6,10H,3-5,7-9H2,(H,19,20,22). The predicted molar refractivity (Wildman–Crippen MR) is 78.8 cm³/mol. The molecule has 0 atom stereocenters. The van der Waals surface area contributed by atoms with Crippen LogP contribution in [0.3, 0.4) is 0 Å². The van der Waals surface area contributed by atoms with E-state index in [0.717, 1.165) is 42.9 Å². The van der Waals surface area contributed by atoms with Crippen LogP contribution >= 0.6 is 0 Å². The number of hydrogen-bond acceptors (Lipinski definition) is 4. The van der Waals surface area contributed by atoms with Gasteiger partial charge < -0.3 is 4.98 Å². The highest BCUT2D eigenvalue weighted by Gasteiger charge is 2.29. The summed E-state index contributed by atoms with van der Waals surface area (Å²) >= 11 is 0. The molecule has 2 aromatic heterocycles. The molecule has 5 nitrogen and oxygen atoms in total. The van der Waals surface area contributed by atoms with E-state index in [4.69, 9.17) is 0 Å². The van der Waals surface area contributed by atoms with Crippen LogP contribution in [0.4, 0.5) is 4.39 Å². The molecule has 1 saturated carbocycles. The van der Waals surface area contributed by atoms with Gasteiger partial charge in [-0.25, -0.2) is 9.97 Å². The number of halogens is 1. The molecule has 1 aliphatic carbocycles. The quantitative estimate of drug-likeness (QED) is 0.877. The van der Waals surface area contributed by atoms with Crippen LogP contribution in [-0.2, 0) is 19.5 Å². The lowest BCUT2D eigenvalue weighted by Crippen LogP contribution is -2.36. The summed E-state index contributed by atoms with van der Waals surface area (Å²) in [6.07, 6.45) is 4.42. The van der Waals surface area contributed by atoms with E-state index in [9.17, 15) is 9.18 Å². The number of hydrogen-bond donors (Lipinski definition) is 1. The SMILES string of the molecule is O=c1[nH]c(C2CC2)nc2c1CN(Cc1cccnc1F)CC2. The van der Waals surface area contributed by atoms with Crippen molar-refractivity contribution >= 4 is 0 Å². The number of H-pyrrole nitrogens is 1. The summed E-state index contributed by atoms with van der Waals surface area (Å²) in [7, 11) is 0. The molecule has 0 aromatic carbocycles. The van der Waals surface area contributed by atoms with Crippen molar-refractivity contribution in [1.29, 1.82) is 0 Å². The van der Waals surface area contributed by atoms with Crippen molar-refractivity contribution < 1.29 is 4.39 Å². The molecular formula is C16H17FN4O. The fourth-order valence-electron chi connectivity index (χ4n) is 2.96. The zero-order valence-corrected chi connectivity index (χ0v) is 12.2. The van der Waals surface area contributed by atoms with Crippen molar-refractivity contribution in [2.75, 3.05) is 6.54 Å². The first kappa shape index (κ1) is 13.6. The van der Waals surface area contributed by atoms with Gasteiger partial charge in [0.15, 0.2) is 0 Å². The van der Waals surface area contributed by atoms with Gasteiger partial charge in [0.2, 0.25) is 5.95 Å². The fraction of sp³-hybridized carbons (Fsp3) is 0.438. The summed E-state index contributed by atoms with van der Waals surface area (Å²) in [6.45, 7) is 1.75. The summed E-state index contributed by atoms with van der Waals surface area (Å²) < 4.78 is 13.7. The van der Waals surface area contributed by atoms with Gasteiger partial charge in [-0.05, 0) is 18.9 Å². The first-order chi connectivity index (χ1) is 10.7. The molecule has 114 valence electrons. The first-order valence-corrected chi connectivity index (χ1v) is 7.64. The summed E-state index contributed by atoms with van der Waals surface area (Å²) in [6, 6.07) is 3.46. The molecule has 1 fully saturated rings. The maximum atomic E-state index is 13.7. The van der Waals surface area contributed by atoms with Gasteiger partial charge in [0.05, 0.1) is 11.3 Å². The van der Waals surface area contributed by atoms with Gasteiger partial charge >= 0.3 is 0 Å². The van der Waals surface area contributed by atoms with E-state index < -0.39 is 5.95 Å². The lowest BCUT2D eigenvalue weighted by atomic mass is 10.1. The number of aromatic amines is 1. The third-order valence-electron chi connectivity index (χ3n) is 4.36. The minimum Gasteiger partial charge on any atom is -0.310 e. The molecule has 0 bridgehead atoms. The molecule has 2 aromatic rings. The Balaban J connectivity index is 1.56. The van der Waals surface area contributed by atoms with Gasteiger partial charge in [0, 0.05) is 43.7 Å². The van der Waals surface area contributed by atoms with Crippen LogP contribution in [0, 0.1) is 5.95 Å². The van der Waals surface area contributed by atoms with E-state index in [1.54, 1.807) is 12.1 Å². The molecule has 0 amide bonds. The Kier molecular flexibility index (Phi) is 3.26. The van der Waals surface area contributed by atoms with E-state index in [1.807, 2.05) is 0 Å². The third kappa shape index (κ3) is 2.54. The molecule has 1 aliphatic heterocycles. The van der Waals surface area contributed by atoms with E-state index in [2.05, 4.69) is 19.9 Å². The highest BCUT2D eigenvalue weighted by Crippen LogP contribution is 2.37. The van der Waals surface area contributed by atoms with Crippen LogP contribution in [0.15, 0.2) is 23.1 Å². The third-order valence-corrected chi connectivity index (χ3v) is 4.36. The maximum Gasteiger partial charge on any atom is 0.255 e. The Bertz CT molecular complexity index is 769. The second kappa shape index (κ2) is 5.28. The number of rotatable bonds is 3. The number of fused-ring (bicyclic) bond motifs is 1. The number of nitrogens with zero attached hydrogens (tertiary/aromatic N) is 3. The van der Waals surface area contributed by atoms with Crippen LogP contribution in [0.2, 0.25) is 0 Å². The maximum absolute atomic E-state index is 13.7. The number of pyridine rings is 1. The molecule has 3 heterocycles. The molecule has 22 heavy (non-hydrogen) atoms. The Hall–Kier alpha value is -2.08. The van der Waals surface area contributed by atoms with E-state index in [1.165, 1.54) is 6.20 Å². The normalized spacial score (nSPS) is 18.2. The van der Waals surface area contributed by atoms with Crippen molar-refractivity contribution in [3.8, 4) is 0 Å². The Labute approximate surface area is 127 Å². The minimum atomic E-state index is -0.440. The van der Waals surface area contributed by atoms with E-state index in [-0.39, 0.29) is 5.56 Å². The fourth-order valence-corrected chi connectivity index (χ4v) is 2.96. The smallest absolute Gasteiger partial charge is 0.255 e. The molecular weight excluding hydrogens is 283 g/mol. The van der Waals surface area contributed by atoms with Gasteiger partial charge in [-0.3, -0.25) is 9.69 Å². The van der Waals surface area contributed by atoms with Gasteiger partial charge in [0.25, 0.3) is 5.56 Å². The van der Waals surface area contributed by atoms with Crippen molar-refractivity contribution in [3.63, 3.8) is 0 Å². The number of nitrogens with one attached hydrogen (secondary N) is 1. The first-order valence-electron chi connectivity index (χ1n) is 7.64. The van der Waals surface area contributed by atoms with Crippen molar-refractivity contribution in [3.05, 3.63) is 57.3 Å². The van der Waals surface area contributed by atoms with Crippen molar-refractivity contribution in [1.82, 2.24) is 19.9 Å². The second-order valence-corrected chi connectivity index (χ2v) is 6.06. The Morgan fingerprint density at radius 2 is 2.27 bits per heavy atom. The van der Waals surface area contributed by atoms with Crippen LogP contribution in [0.25, 0.3) is 0 Å². The Morgan fingerprint density at radius 3 is 3.05 bits per heavy atom. The average molecular weight is 300 g/mol. The molecule has 0 spiro atoms.